The number of hydrogen-bond acceptors (Lipinski definition) is 3. The summed E-state index contributed by atoms with van der Waals surface area (Å²) in [7, 11) is 1.60. The van der Waals surface area contributed by atoms with Crippen LogP contribution in [0.4, 0.5) is 0 Å². The molecule has 0 aliphatic carbocycles. The van der Waals surface area contributed by atoms with Crippen LogP contribution in [0.1, 0.15) is 5.56 Å². The van der Waals surface area contributed by atoms with E-state index >= 15 is 0 Å². The summed E-state index contributed by atoms with van der Waals surface area (Å²) in [5.41, 5.74) is 0.907. The third kappa shape index (κ3) is 3.42. The van der Waals surface area contributed by atoms with Gasteiger partial charge in [-0.2, -0.15) is 0 Å². The lowest BCUT2D eigenvalue weighted by molar-refractivity contribution is -0.139. The summed E-state index contributed by atoms with van der Waals surface area (Å²) in [6.07, 6.45) is 0.419. The smallest absolute Gasteiger partial charge is 0.321 e. The summed E-state index contributed by atoms with van der Waals surface area (Å²) in [6, 6.07) is 6.43. The van der Waals surface area contributed by atoms with Crippen molar-refractivity contribution in [2.45, 2.75) is 12.5 Å². The van der Waals surface area contributed by atoms with Crippen LogP contribution in [-0.2, 0) is 15.8 Å². The highest BCUT2D eigenvalue weighted by Crippen LogP contribution is 2.04. The second-order valence-corrected chi connectivity index (χ2v) is 3.84. The Morgan fingerprint density at radius 3 is 2.47 bits per heavy atom. The fraction of sp³-hybridized carbons (Fsp3) is 0.300. The SMILES string of the molecule is CNC(Cc1ccc(P=O)cc1)C(=O)O. The molecule has 0 spiro atoms. The number of likely N-dealkylation sites (N-methyl/N-ethyl adjacent to an activating group) is 1. The maximum absolute atomic E-state index is 10.7. The Bertz CT molecular complexity index is 350. The van der Waals surface area contributed by atoms with Gasteiger partial charge in [0.25, 0.3) is 0 Å². The summed E-state index contributed by atoms with van der Waals surface area (Å²) < 4.78 is 10.5. The molecule has 0 radical (unpaired) electrons. The summed E-state index contributed by atoms with van der Waals surface area (Å²) >= 11 is 0. The van der Waals surface area contributed by atoms with Gasteiger partial charge in [-0.25, -0.2) is 0 Å². The van der Waals surface area contributed by atoms with Gasteiger partial charge in [-0.3, -0.25) is 9.36 Å². The topological polar surface area (TPSA) is 66.4 Å². The number of hydrogen-bond donors (Lipinski definition) is 2. The second-order valence-electron chi connectivity index (χ2n) is 3.14. The molecule has 0 amide bonds. The van der Waals surface area contributed by atoms with Crippen LogP contribution in [0.15, 0.2) is 24.3 Å². The zero-order valence-corrected chi connectivity index (χ0v) is 9.20. The monoisotopic (exact) mass is 225 g/mol. The summed E-state index contributed by atoms with van der Waals surface area (Å²) in [5, 5.41) is 12.2. The van der Waals surface area contributed by atoms with Crippen molar-refractivity contribution in [2.75, 3.05) is 7.05 Å². The molecule has 1 rings (SSSR count). The fourth-order valence-corrected chi connectivity index (χ4v) is 1.51. The van der Waals surface area contributed by atoms with E-state index in [-0.39, 0.29) is 8.46 Å². The molecular formula is C10H12NO3P. The Morgan fingerprint density at radius 2 is 2.07 bits per heavy atom. The van der Waals surface area contributed by atoms with Gasteiger partial charge >= 0.3 is 5.97 Å². The number of benzene rings is 1. The predicted octanol–water partition coefficient (Wildman–Crippen LogP) is 0.819. The molecular weight excluding hydrogens is 213 g/mol. The van der Waals surface area contributed by atoms with Crippen molar-refractivity contribution in [3.63, 3.8) is 0 Å². The molecule has 0 aliphatic rings. The van der Waals surface area contributed by atoms with Crippen LogP contribution in [0.5, 0.6) is 0 Å². The summed E-state index contributed by atoms with van der Waals surface area (Å²) in [5.74, 6) is -0.872. The first kappa shape index (κ1) is 11.8. The molecule has 0 heterocycles. The lowest BCUT2D eigenvalue weighted by Gasteiger charge is -2.10. The zero-order chi connectivity index (χ0) is 11.3. The average Bonchev–Trinajstić information content (AvgIpc) is 2.26. The first-order valence-electron chi connectivity index (χ1n) is 4.49. The third-order valence-electron chi connectivity index (χ3n) is 2.13. The van der Waals surface area contributed by atoms with E-state index in [9.17, 15) is 9.36 Å². The van der Waals surface area contributed by atoms with Crippen LogP contribution >= 0.6 is 8.46 Å². The molecule has 1 aromatic rings. The largest absolute Gasteiger partial charge is 0.480 e. The summed E-state index contributed by atoms with van der Waals surface area (Å²) in [4.78, 5) is 10.7. The van der Waals surface area contributed by atoms with E-state index in [1.54, 1.807) is 31.3 Å². The molecule has 4 nitrogen and oxygen atoms in total. The Kier molecular flexibility index (Phi) is 4.40. The van der Waals surface area contributed by atoms with Crippen LogP contribution in [0, 0.1) is 0 Å². The minimum absolute atomic E-state index is 0.0188. The van der Waals surface area contributed by atoms with Gasteiger partial charge in [0.2, 0.25) is 0 Å². The Morgan fingerprint density at radius 1 is 1.47 bits per heavy atom. The highest BCUT2D eigenvalue weighted by Gasteiger charge is 2.14. The van der Waals surface area contributed by atoms with E-state index in [1.165, 1.54) is 0 Å². The molecule has 0 aliphatic heterocycles. The molecule has 80 valence electrons. The lowest BCUT2D eigenvalue weighted by atomic mass is 10.1. The van der Waals surface area contributed by atoms with Gasteiger partial charge in [-0.05, 0) is 31.2 Å². The van der Waals surface area contributed by atoms with Crippen LogP contribution in [-0.4, -0.2) is 24.2 Å². The van der Waals surface area contributed by atoms with Crippen molar-refractivity contribution in [1.82, 2.24) is 5.32 Å². The van der Waals surface area contributed by atoms with Crippen LogP contribution < -0.4 is 10.6 Å². The van der Waals surface area contributed by atoms with Gasteiger partial charge in [0.15, 0.2) is 8.46 Å². The molecule has 2 N–H and O–H groups in total. The minimum atomic E-state index is -0.872. The Hall–Kier alpha value is -1.25. The first-order chi connectivity index (χ1) is 7.17. The first-order valence-corrected chi connectivity index (χ1v) is 5.31. The maximum Gasteiger partial charge on any atom is 0.321 e. The van der Waals surface area contributed by atoms with E-state index in [2.05, 4.69) is 5.32 Å². The molecule has 0 bridgehead atoms. The van der Waals surface area contributed by atoms with Crippen molar-refractivity contribution in [3.05, 3.63) is 29.8 Å². The second kappa shape index (κ2) is 5.59. The zero-order valence-electron chi connectivity index (χ0n) is 8.30. The number of carbonyl (C=O) groups is 1. The number of carboxylic acid groups (broad SMARTS) is 1. The van der Waals surface area contributed by atoms with Crippen molar-refractivity contribution < 1.29 is 14.5 Å². The number of carboxylic acids is 1. The summed E-state index contributed by atoms with van der Waals surface area (Å²) in [6.45, 7) is 0. The van der Waals surface area contributed by atoms with Gasteiger partial charge in [-0.1, -0.05) is 12.1 Å². The van der Waals surface area contributed by atoms with Crippen molar-refractivity contribution in [2.24, 2.45) is 0 Å². The fourth-order valence-electron chi connectivity index (χ4n) is 1.24. The van der Waals surface area contributed by atoms with Gasteiger partial charge in [0, 0.05) is 5.30 Å². The molecule has 1 unspecified atom stereocenters. The van der Waals surface area contributed by atoms with E-state index in [0.717, 1.165) is 5.56 Å². The van der Waals surface area contributed by atoms with E-state index < -0.39 is 12.0 Å². The van der Waals surface area contributed by atoms with E-state index in [0.29, 0.717) is 11.7 Å². The predicted molar refractivity (Wildman–Crippen MR) is 57.9 cm³/mol. The molecule has 5 heteroatoms. The highest BCUT2D eigenvalue weighted by atomic mass is 31.1. The number of aliphatic carboxylic acids is 1. The van der Waals surface area contributed by atoms with Crippen molar-refractivity contribution in [3.8, 4) is 0 Å². The number of nitrogens with one attached hydrogen (secondary N) is 1. The molecule has 0 aromatic heterocycles. The Labute approximate surface area is 89.5 Å². The quantitative estimate of drug-likeness (QED) is 0.728. The van der Waals surface area contributed by atoms with Gasteiger partial charge in [-0.15, -0.1) is 0 Å². The van der Waals surface area contributed by atoms with Gasteiger partial charge < -0.3 is 10.4 Å². The molecule has 15 heavy (non-hydrogen) atoms. The lowest BCUT2D eigenvalue weighted by Crippen LogP contribution is -2.35. The third-order valence-corrected chi connectivity index (χ3v) is 2.64. The average molecular weight is 225 g/mol. The van der Waals surface area contributed by atoms with Crippen molar-refractivity contribution >= 4 is 19.7 Å². The van der Waals surface area contributed by atoms with Gasteiger partial charge in [0.1, 0.15) is 6.04 Å². The van der Waals surface area contributed by atoms with Crippen LogP contribution in [0.3, 0.4) is 0 Å². The molecule has 0 saturated carbocycles. The maximum atomic E-state index is 10.7. The van der Waals surface area contributed by atoms with Crippen LogP contribution in [0.2, 0.25) is 0 Å². The Balaban J connectivity index is 2.71. The van der Waals surface area contributed by atoms with E-state index in [1.807, 2.05) is 0 Å². The van der Waals surface area contributed by atoms with Crippen LogP contribution in [0.25, 0.3) is 0 Å². The minimum Gasteiger partial charge on any atom is -0.480 e. The highest BCUT2D eigenvalue weighted by molar-refractivity contribution is 7.34. The van der Waals surface area contributed by atoms with Crippen molar-refractivity contribution in [1.29, 1.82) is 0 Å². The molecule has 0 saturated heterocycles. The van der Waals surface area contributed by atoms with Gasteiger partial charge in [0.05, 0.1) is 0 Å². The number of rotatable bonds is 5. The normalized spacial score (nSPS) is 12.6. The van der Waals surface area contributed by atoms with E-state index in [4.69, 9.17) is 5.11 Å². The molecule has 1 aromatic carbocycles. The molecule has 1 atom stereocenters. The molecule has 0 fully saturated rings. The standard InChI is InChI=1S/C10H12NO3P/c1-11-9(10(12)13)6-7-2-4-8(15-14)5-3-7/h2-5,9,11H,6H2,1H3,(H,12,13).